The molecule has 10 heteroatoms. The molecule has 150 valence electrons. The van der Waals surface area contributed by atoms with Crippen molar-refractivity contribution in [3.8, 4) is 5.75 Å². The Kier molecular flexibility index (Phi) is 7.13. The number of carboxylic acids is 1. The maximum absolute atomic E-state index is 11.7. The maximum atomic E-state index is 11.7. The lowest BCUT2D eigenvalue weighted by Crippen LogP contribution is -2.26. The molecule has 0 bridgehead atoms. The molecule has 0 aromatic heterocycles. The number of carbonyl (C=O) groups excluding carboxylic acids is 1. The molecule has 2 aromatic rings. The van der Waals surface area contributed by atoms with Gasteiger partial charge in [0.1, 0.15) is 17.6 Å². The van der Waals surface area contributed by atoms with Crippen LogP contribution in [0.3, 0.4) is 0 Å². The first-order valence-corrected chi connectivity index (χ1v) is 10.0. The normalized spacial score (nSPS) is 17.7. The first-order chi connectivity index (χ1) is 13.9. The van der Waals surface area contributed by atoms with Crippen molar-refractivity contribution in [2.75, 3.05) is 0 Å². The third kappa shape index (κ3) is 6.22. The van der Waals surface area contributed by atoms with Gasteiger partial charge in [0, 0.05) is 15.6 Å². The minimum absolute atomic E-state index is 0.239. The van der Waals surface area contributed by atoms with Crippen LogP contribution in [-0.2, 0) is 16.2 Å². The quantitative estimate of drug-likeness (QED) is 0.489. The second kappa shape index (κ2) is 9.78. The molecule has 1 aliphatic rings. The summed E-state index contributed by atoms with van der Waals surface area (Å²) in [4.78, 5) is 22.5. The SMILES string of the molecule is O=C(O)CC1SC(=NN=Cc2cc(Cl)ccc2OCc2ccc(Cl)cc2)NC1=O. The van der Waals surface area contributed by atoms with Gasteiger partial charge >= 0.3 is 5.97 Å². The highest BCUT2D eigenvalue weighted by atomic mass is 35.5. The molecule has 2 N–H and O–H groups in total. The third-order valence-electron chi connectivity index (χ3n) is 3.76. The van der Waals surface area contributed by atoms with Crippen molar-refractivity contribution >= 4 is 58.2 Å². The molecule has 0 aliphatic carbocycles. The number of hydrogen-bond acceptors (Lipinski definition) is 6. The maximum Gasteiger partial charge on any atom is 0.305 e. The van der Waals surface area contributed by atoms with Gasteiger partial charge < -0.3 is 15.2 Å². The number of thioether (sulfide) groups is 1. The van der Waals surface area contributed by atoms with E-state index in [9.17, 15) is 9.59 Å². The molecule has 1 atom stereocenters. The average Bonchev–Trinajstić information content (AvgIpc) is 3.01. The molecule has 1 heterocycles. The summed E-state index contributed by atoms with van der Waals surface area (Å²) < 4.78 is 5.84. The summed E-state index contributed by atoms with van der Waals surface area (Å²) in [5.74, 6) is -0.898. The van der Waals surface area contributed by atoms with E-state index in [1.54, 1.807) is 30.3 Å². The van der Waals surface area contributed by atoms with Gasteiger partial charge in [0.2, 0.25) is 5.91 Å². The summed E-state index contributed by atoms with van der Waals surface area (Å²) in [5, 5.41) is 19.9. The van der Waals surface area contributed by atoms with Crippen LogP contribution in [0.15, 0.2) is 52.7 Å². The number of hydrogen-bond donors (Lipinski definition) is 2. The molecule has 7 nitrogen and oxygen atoms in total. The predicted molar refractivity (Wildman–Crippen MR) is 114 cm³/mol. The van der Waals surface area contributed by atoms with Crippen LogP contribution in [0.2, 0.25) is 10.0 Å². The number of aliphatic carboxylic acids is 1. The summed E-state index contributed by atoms with van der Waals surface area (Å²) in [6.07, 6.45) is 1.17. The topological polar surface area (TPSA) is 100 Å². The number of amides is 1. The van der Waals surface area contributed by atoms with Crippen molar-refractivity contribution < 1.29 is 19.4 Å². The van der Waals surface area contributed by atoms with Crippen LogP contribution in [0, 0.1) is 0 Å². The molecule has 0 spiro atoms. The standard InChI is InChI=1S/C19H15Cl2N3O4S/c20-13-3-1-11(2-4-13)10-28-15-6-5-14(21)7-12(15)9-22-24-19-23-18(27)16(29-19)8-17(25)26/h1-7,9,16H,8,10H2,(H,25,26)(H,23,24,27). The van der Waals surface area contributed by atoms with Gasteiger partial charge in [-0.25, -0.2) is 0 Å². The minimum atomic E-state index is -1.05. The lowest BCUT2D eigenvalue weighted by Gasteiger charge is -2.09. The third-order valence-corrected chi connectivity index (χ3v) is 5.32. The zero-order valence-corrected chi connectivity index (χ0v) is 17.2. The highest BCUT2D eigenvalue weighted by Crippen LogP contribution is 2.24. The molecule has 1 fully saturated rings. The summed E-state index contributed by atoms with van der Waals surface area (Å²) in [6.45, 7) is 0.330. The highest BCUT2D eigenvalue weighted by Gasteiger charge is 2.32. The van der Waals surface area contributed by atoms with Crippen molar-refractivity contribution in [1.82, 2.24) is 5.32 Å². The van der Waals surface area contributed by atoms with E-state index < -0.39 is 17.1 Å². The lowest BCUT2D eigenvalue weighted by atomic mass is 10.2. The van der Waals surface area contributed by atoms with Gasteiger partial charge in [0.05, 0.1) is 12.6 Å². The number of carbonyl (C=O) groups is 2. The van der Waals surface area contributed by atoms with E-state index in [-0.39, 0.29) is 11.6 Å². The number of benzene rings is 2. The summed E-state index contributed by atoms with van der Waals surface area (Å²) in [6, 6.07) is 12.4. The second-order valence-corrected chi connectivity index (χ2v) is 8.00. The monoisotopic (exact) mass is 451 g/mol. The van der Waals surface area contributed by atoms with Crippen LogP contribution in [0.4, 0.5) is 0 Å². The predicted octanol–water partition coefficient (Wildman–Crippen LogP) is 3.97. The number of rotatable bonds is 7. The van der Waals surface area contributed by atoms with E-state index in [2.05, 4.69) is 15.5 Å². The fraction of sp³-hybridized carbons (Fsp3) is 0.158. The van der Waals surface area contributed by atoms with E-state index in [0.29, 0.717) is 28.0 Å². The van der Waals surface area contributed by atoms with Crippen molar-refractivity contribution in [2.24, 2.45) is 10.2 Å². The number of nitrogens with zero attached hydrogens (tertiary/aromatic N) is 2. The number of nitrogens with one attached hydrogen (secondary N) is 1. The Hall–Kier alpha value is -2.55. The van der Waals surface area contributed by atoms with E-state index in [0.717, 1.165) is 17.3 Å². The summed E-state index contributed by atoms with van der Waals surface area (Å²) >= 11 is 13.0. The van der Waals surface area contributed by atoms with Gasteiger partial charge in [-0.2, -0.15) is 5.10 Å². The van der Waals surface area contributed by atoms with Crippen LogP contribution in [0.1, 0.15) is 17.5 Å². The Morgan fingerprint density at radius 3 is 2.66 bits per heavy atom. The fourth-order valence-corrected chi connectivity index (χ4v) is 3.60. The Balaban J connectivity index is 1.68. The molecule has 29 heavy (non-hydrogen) atoms. The Morgan fingerprint density at radius 1 is 1.21 bits per heavy atom. The zero-order chi connectivity index (χ0) is 20.8. The van der Waals surface area contributed by atoms with E-state index >= 15 is 0 Å². The van der Waals surface area contributed by atoms with Crippen LogP contribution < -0.4 is 10.1 Å². The smallest absolute Gasteiger partial charge is 0.305 e. The first-order valence-electron chi connectivity index (χ1n) is 8.38. The van der Waals surface area contributed by atoms with Crippen molar-refractivity contribution in [3.05, 3.63) is 63.6 Å². The number of halogens is 2. The van der Waals surface area contributed by atoms with Gasteiger partial charge in [-0.3, -0.25) is 9.59 Å². The number of ether oxygens (including phenoxy) is 1. The largest absolute Gasteiger partial charge is 0.488 e. The molecule has 2 aromatic carbocycles. The van der Waals surface area contributed by atoms with Crippen LogP contribution in [0.5, 0.6) is 5.75 Å². The minimum Gasteiger partial charge on any atom is -0.488 e. The van der Waals surface area contributed by atoms with Crippen molar-refractivity contribution in [3.63, 3.8) is 0 Å². The van der Waals surface area contributed by atoms with Gasteiger partial charge in [0.25, 0.3) is 0 Å². The van der Waals surface area contributed by atoms with E-state index in [1.165, 1.54) is 6.21 Å². The molecule has 0 saturated carbocycles. The molecular formula is C19H15Cl2N3O4S. The molecule has 1 saturated heterocycles. The molecule has 0 radical (unpaired) electrons. The molecule has 1 amide bonds. The van der Waals surface area contributed by atoms with Gasteiger partial charge in [-0.15, -0.1) is 5.10 Å². The second-order valence-electron chi connectivity index (χ2n) is 5.94. The van der Waals surface area contributed by atoms with Crippen molar-refractivity contribution in [2.45, 2.75) is 18.3 Å². The van der Waals surface area contributed by atoms with Gasteiger partial charge in [0.15, 0.2) is 5.17 Å². The number of amidine groups is 1. The molecular weight excluding hydrogens is 437 g/mol. The summed E-state index contributed by atoms with van der Waals surface area (Å²) in [7, 11) is 0. The lowest BCUT2D eigenvalue weighted by molar-refractivity contribution is -0.138. The highest BCUT2D eigenvalue weighted by molar-refractivity contribution is 8.15. The molecule has 3 rings (SSSR count). The number of carboxylic acid groups (broad SMARTS) is 1. The zero-order valence-electron chi connectivity index (χ0n) is 14.8. The molecule has 1 aliphatic heterocycles. The van der Waals surface area contributed by atoms with Crippen LogP contribution in [-0.4, -0.2) is 33.6 Å². The Bertz CT molecular complexity index is 980. The summed E-state index contributed by atoms with van der Waals surface area (Å²) in [5.41, 5.74) is 1.55. The Labute approximate surface area is 180 Å². The van der Waals surface area contributed by atoms with Gasteiger partial charge in [-0.05, 0) is 35.9 Å². The fourth-order valence-electron chi connectivity index (χ4n) is 2.38. The first kappa shape index (κ1) is 21.2. The van der Waals surface area contributed by atoms with E-state index in [1.807, 2.05) is 12.1 Å². The van der Waals surface area contributed by atoms with Crippen molar-refractivity contribution in [1.29, 1.82) is 0 Å². The molecule has 1 unspecified atom stereocenters. The van der Waals surface area contributed by atoms with E-state index in [4.69, 9.17) is 33.0 Å². The average molecular weight is 452 g/mol. The van der Waals surface area contributed by atoms with Crippen LogP contribution >= 0.6 is 35.0 Å². The van der Waals surface area contributed by atoms with Gasteiger partial charge in [-0.1, -0.05) is 47.1 Å². The Morgan fingerprint density at radius 2 is 1.93 bits per heavy atom. The van der Waals surface area contributed by atoms with Crippen LogP contribution in [0.25, 0.3) is 0 Å².